The van der Waals surface area contributed by atoms with Gasteiger partial charge < -0.3 is 15.4 Å². The molecule has 1 saturated heterocycles. The number of amides is 2. The highest BCUT2D eigenvalue weighted by Crippen LogP contribution is 2.25. The molecule has 1 heterocycles. The molecule has 1 aliphatic carbocycles. The van der Waals surface area contributed by atoms with E-state index in [1.165, 1.54) is 7.11 Å². The van der Waals surface area contributed by atoms with E-state index in [0.29, 0.717) is 32.1 Å². The van der Waals surface area contributed by atoms with Crippen LogP contribution in [-0.2, 0) is 23.9 Å². The zero-order chi connectivity index (χ0) is 15.4. The minimum absolute atomic E-state index is 0.101. The Hall–Kier alpha value is -1.92. The van der Waals surface area contributed by atoms with Gasteiger partial charge in [-0.2, -0.15) is 0 Å². The molecule has 7 nitrogen and oxygen atoms in total. The van der Waals surface area contributed by atoms with Crippen molar-refractivity contribution in [2.24, 2.45) is 5.92 Å². The maximum absolute atomic E-state index is 12.1. The lowest BCUT2D eigenvalue weighted by atomic mass is 9.83. The van der Waals surface area contributed by atoms with Crippen molar-refractivity contribution in [1.82, 2.24) is 10.6 Å². The van der Waals surface area contributed by atoms with Gasteiger partial charge >= 0.3 is 5.97 Å². The molecule has 0 bridgehead atoms. The Morgan fingerprint density at radius 2 is 2.05 bits per heavy atom. The predicted molar refractivity (Wildman–Crippen MR) is 72.1 cm³/mol. The van der Waals surface area contributed by atoms with Crippen LogP contribution in [0.2, 0.25) is 0 Å². The lowest BCUT2D eigenvalue weighted by molar-refractivity contribution is -0.147. The van der Waals surface area contributed by atoms with Crippen LogP contribution < -0.4 is 10.6 Å². The number of ether oxygens (including phenoxy) is 1. The summed E-state index contributed by atoms with van der Waals surface area (Å²) < 4.78 is 4.73. The van der Waals surface area contributed by atoms with Gasteiger partial charge in [0.2, 0.25) is 11.8 Å². The average molecular weight is 296 g/mol. The molecule has 0 radical (unpaired) electrons. The molecule has 2 aliphatic rings. The van der Waals surface area contributed by atoms with Gasteiger partial charge in [0.1, 0.15) is 17.9 Å². The zero-order valence-corrected chi connectivity index (χ0v) is 12.0. The molecule has 2 rings (SSSR count). The third kappa shape index (κ3) is 3.80. The van der Waals surface area contributed by atoms with Crippen molar-refractivity contribution in [2.45, 2.75) is 50.6 Å². The Morgan fingerprint density at radius 3 is 2.62 bits per heavy atom. The van der Waals surface area contributed by atoms with Crippen molar-refractivity contribution in [2.75, 3.05) is 7.11 Å². The fraction of sp³-hybridized carbons (Fsp3) is 0.714. The van der Waals surface area contributed by atoms with Crippen molar-refractivity contribution in [3.05, 3.63) is 0 Å². The second-order valence-electron chi connectivity index (χ2n) is 5.56. The summed E-state index contributed by atoms with van der Waals surface area (Å²) in [6.07, 6.45) is 2.94. The van der Waals surface area contributed by atoms with E-state index in [2.05, 4.69) is 10.6 Å². The van der Waals surface area contributed by atoms with Gasteiger partial charge in [0.25, 0.3) is 0 Å². The molecule has 2 fully saturated rings. The Kier molecular flexibility index (Phi) is 4.93. The molecule has 2 amide bonds. The van der Waals surface area contributed by atoms with E-state index in [9.17, 15) is 19.2 Å². The molecule has 0 unspecified atom stereocenters. The van der Waals surface area contributed by atoms with Crippen LogP contribution in [0.25, 0.3) is 0 Å². The summed E-state index contributed by atoms with van der Waals surface area (Å²) in [5.74, 6) is -1.25. The van der Waals surface area contributed by atoms with Gasteiger partial charge in [-0.1, -0.05) is 0 Å². The molecular formula is C14H20N2O5. The molecule has 3 atom stereocenters. The first-order valence-corrected chi connectivity index (χ1v) is 7.20. The van der Waals surface area contributed by atoms with Gasteiger partial charge in [-0.15, -0.1) is 0 Å². The molecule has 1 aliphatic heterocycles. The number of ketones is 1. The Morgan fingerprint density at radius 1 is 1.29 bits per heavy atom. The third-order valence-electron chi connectivity index (χ3n) is 4.06. The van der Waals surface area contributed by atoms with E-state index in [0.717, 1.165) is 0 Å². The molecular weight excluding hydrogens is 276 g/mol. The first-order valence-electron chi connectivity index (χ1n) is 7.20. The highest BCUT2D eigenvalue weighted by Gasteiger charge is 2.36. The number of hydrogen-bond donors (Lipinski definition) is 2. The van der Waals surface area contributed by atoms with Gasteiger partial charge in [0.05, 0.1) is 7.11 Å². The molecule has 21 heavy (non-hydrogen) atoms. The zero-order valence-electron chi connectivity index (χ0n) is 12.0. The van der Waals surface area contributed by atoms with Crippen LogP contribution in [0.4, 0.5) is 0 Å². The Labute approximate surface area is 122 Å². The van der Waals surface area contributed by atoms with Crippen LogP contribution in [0, 0.1) is 5.92 Å². The summed E-state index contributed by atoms with van der Waals surface area (Å²) in [5, 5.41) is 5.20. The molecule has 0 aromatic rings. The van der Waals surface area contributed by atoms with E-state index in [1.807, 2.05) is 0 Å². The smallest absolute Gasteiger partial charge is 0.328 e. The van der Waals surface area contributed by atoms with E-state index < -0.39 is 24.0 Å². The van der Waals surface area contributed by atoms with Gasteiger partial charge in [-0.05, 0) is 25.2 Å². The van der Waals surface area contributed by atoms with Crippen LogP contribution in [0.5, 0.6) is 0 Å². The summed E-state index contributed by atoms with van der Waals surface area (Å²) in [5.41, 5.74) is 0. The average Bonchev–Trinajstić information content (AvgIpc) is 2.90. The van der Waals surface area contributed by atoms with Crippen molar-refractivity contribution < 1.29 is 23.9 Å². The van der Waals surface area contributed by atoms with E-state index in [1.54, 1.807) is 0 Å². The number of nitrogens with one attached hydrogen (secondary N) is 2. The Bertz CT molecular complexity index is 462. The first kappa shape index (κ1) is 15.5. The van der Waals surface area contributed by atoms with E-state index in [-0.39, 0.29) is 24.0 Å². The fourth-order valence-corrected chi connectivity index (χ4v) is 2.90. The maximum Gasteiger partial charge on any atom is 0.328 e. The third-order valence-corrected chi connectivity index (χ3v) is 4.06. The normalized spacial score (nSPS) is 26.9. The molecule has 0 aromatic carbocycles. The number of Topliss-reactive ketones (excluding diaryl/α,β-unsaturated/α-hetero) is 1. The molecule has 0 spiro atoms. The number of carbonyl (C=O) groups excluding carboxylic acids is 4. The molecule has 7 heteroatoms. The maximum atomic E-state index is 12.1. The number of rotatable bonds is 4. The predicted octanol–water partition coefficient (Wildman–Crippen LogP) is -0.318. The summed E-state index contributed by atoms with van der Waals surface area (Å²) in [6.45, 7) is 0. The van der Waals surface area contributed by atoms with Crippen molar-refractivity contribution in [3.8, 4) is 0 Å². The standard InChI is InChI=1S/C14H20N2O5/c1-21-14(20)12(8-3-2-4-9(17)7-8)16-13(19)10-5-6-11(18)15-10/h8,10,12H,2-7H2,1H3,(H,15,18)(H,16,19)/t8-,10-,12+/m0/s1. The molecule has 116 valence electrons. The summed E-state index contributed by atoms with van der Waals surface area (Å²) >= 11 is 0. The highest BCUT2D eigenvalue weighted by molar-refractivity contribution is 5.93. The molecule has 2 N–H and O–H groups in total. The highest BCUT2D eigenvalue weighted by atomic mass is 16.5. The largest absolute Gasteiger partial charge is 0.467 e. The minimum atomic E-state index is -0.829. The Balaban J connectivity index is 2.02. The minimum Gasteiger partial charge on any atom is -0.467 e. The number of esters is 1. The second-order valence-corrected chi connectivity index (χ2v) is 5.56. The van der Waals surface area contributed by atoms with Gasteiger partial charge in [0, 0.05) is 19.3 Å². The number of methoxy groups -OCH3 is 1. The van der Waals surface area contributed by atoms with Crippen LogP contribution in [0.3, 0.4) is 0 Å². The van der Waals surface area contributed by atoms with Gasteiger partial charge in [-0.25, -0.2) is 4.79 Å². The van der Waals surface area contributed by atoms with Gasteiger partial charge in [-0.3, -0.25) is 14.4 Å². The molecule has 0 aromatic heterocycles. The van der Waals surface area contributed by atoms with Crippen LogP contribution >= 0.6 is 0 Å². The van der Waals surface area contributed by atoms with Crippen molar-refractivity contribution >= 4 is 23.6 Å². The summed E-state index contributed by atoms with van der Waals surface area (Å²) in [4.78, 5) is 46.7. The van der Waals surface area contributed by atoms with Crippen LogP contribution in [0.1, 0.15) is 38.5 Å². The monoisotopic (exact) mass is 296 g/mol. The SMILES string of the molecule is COC(=O)[C@H](NC(=O)[C@@H]1CCC(=O)N1)[C@H]1CCCC(=O)C1. The fourth-order valence-electron chi connectivity index (χ4n) is 2.90. The topological polar surface area (TPSA) is 102 Å². The van der Waals surface area contributed by atoms with Crippen molar-refractivity contribution in [1.29, 1.82) is 0 Å². The number of carbonyl (C=O) groups is 4. The number of hydrogen-bond acceptors (Lipinski definition) is 5. The van der Waals surface area contributed by atoms with Gasteiger partial charge in [0.15, 0.2) is 0 Å². The van der Waals surface area contributed by atoms with E-state index >= 15 is 0 Å². The molecule has 1 saturated carbocycles. The first-order chi connectivity index (χ1) is 10.0. The van der Waals surface area contributed by atoms with Crippen molar-refractivity contribution in [3.63, 3.8) is 0 Å². The van der Waals surface area contributed by atoms with Crippen LogP contribution in [-0.4, -0.2) is 42.8 Å². The second kappa shape index (κ2) is 6.69. The lowest BCUT2D eigenvalue weighted by Gasteiger charge is -2.29. The van der Waals surface area contributed by atoms with E-state index in [4.69, 9.17) is 4.74 Å². The quantitative estimate of drug-likeness (QED) is 0.692. The van der Waals surface area contributed by atoms with Crippen LogP contribution in [0.15, 0.2) is 0 Å². The lowest BCUT2D eigenvalue weighted by Crippen LogP contribution is -2.52. The summed E-state index contributed by atoms with van der Waals surface area (Å²) in [6, 6.07) is -1.44. The summed E-state index contributed by atoms with van der Waals surface area (Å²) in [7, 11) is 1.25.